The van der Waals surface area contributed by atoms with Crippen molar-refractivity contribution in [1.82, 2.24) is 9.03 Å². The van der Waals surface area contributed by atoms with E-state index in [4.69, 9.17) is 5.11 Å². The summed E-state index contributed by atoms with van der Waals surface area (Å²) in [6.07, 6.45) is 0. The van der Waals surface area contributed by atoms with Crippen LogP contribution in [0.15, 0.2) is 24.3 Å². The molecule has 0 bridgehead atoms. The average Bonchev–Trinajstić information content (AvgIpc) is 2.43. The standard InChI is InChI=1S/C15H22N2O3S/c1-13(2)11-16-21(19,20)17(3)12-15-7-4-6-14(10-15)8-5-9-18/h4,6-7,10,13,16,18H,9,11-12H2,1-3H3. The van der Waals surface area contributed by atoms with Gasteiger partial charge in [-0.2, -0.15) is 12.7 Å². The lowest BCUT2D eigenvalue weighted by molar-refractivity contribution is 0.350. The summed E-state index contributed by atoms with van der Waals surface area (Å²) in [6, 6.07) is 7.30. The van der Waals surface area contributed by atoms with Crippen molar-refractivity contribution in [3.8, 4) is 11.8 Å². The number of nitrogens with one attached hydrogen (secondary N) is 1. The van der Waals surface area contributed by atoms with Gasteiger partial charge in [-0.05, 0) is 23.6 Å². The first-order chi connectivity index (χ1) is 9.85. The lowest BCUT2D eigenvalue weighted by Crippen LogP contribution is -2.39. The smallest absolute Gasteiger partial charge is 0.279 e. The topological polar surface area (TPSA) is 69.6 Å². The second-order valence-corrected chi connectivity index (χ2v) is 7.03. The molecule has 0 fully saturated rings. The summed E-state index contributed by atoms with van der Waals surface area (Å²) in [5.74, 6) is 5.63. The number of aliphatic hydroxyl groups excluding tert-OH is 1. The Hall–Kier alpha value is -1.39. The highest BCUT2D eigenvalue weighted by molar-refractivity contribution is 7.87. The zero-order valence-electron chi connectivity index (χ0n) is 12.6. The molecular weight excluding hydrogens is 288 g/mol. The third-order valence-electron chi connectivity index (χ3n) is 2.73. The number of hydrogen-bond acceptors (Lipinski definition) is 3. The van der Waals surface area contributed by atoms with Gasteiger partial charge in [0.05, 0.1) is 0 Å². The Morgan fingerprint density at radius 2 is 2.10 bits per heavy atom. The monoisotopic (exact) mass is 310 g/mol. The average molecular weight is 310 g/mol. The highest BCUT2D eigenvalue weighted by Gasteiger charge is 2.17. The normalized spacial score (nSPS) is 11.5. The van der Waals surface area contributed by atoms with Crippen LogP contribution in [0.4, 0.5) is 0 Å². The van der Waals surface area contributed by atoms with Crippen molar-refractivity contribution >= 4 is 10.2 Å². The Labute approximate surface area is 127 Å². The second-order valence-electron chi connectivity index (χ2n) is 5.16. The van der Waals surface area contributed by atoms with E-state index in [0.29, 0.717) is 6.54 Å². The fourth-order valence-electron chi connectivity index (χ4n) is 1.61. The first-order valence-corrected chi connectivity index (χ1v) is 8.18. The molecule has 0 saturated heterocycles. The number of rotatable bonds is 6. The van der Waals surface area contributed by atoms with Crippen molar-refractivity contribution in [3.63, 3.8) is 0 Å². The third kappa shape index (κ3) is 6.27. The Bertz CT molecular complexity index is 615. The van der Waals surface area contributed by atoms with Gasteiger partial charge in [-0.25, -0.2) is 4.72 Å². The summed E-state index contributed by atoms with van der Waals surface area (Å²) in [4.78, 5) is 0. The molecule has 21 heavy (non-hydrogen) atoms. The van der Waals surface area contributed by atoms with Gasteiger partial charge < -0.3 is 5.11 Å². The second kappa shape index (κ2) is 8.15. The van der Waals surface area contributed by atoms with Crippen LogP contribution >= 0.6 is 0 Å². The first kappa shape index (κ1) is 17.7. The molecule has 0 heterocycles. The van der Waals surface area contributed by atoms with Crippen LogP contribution in [0, 0.1) is 17.8 Å². The molecule has 0 unspecified atom stereocenters. The van der Waals surface area contributed by atoms with Crippen LogP contribution in [0.25, 0.3) is 0 Å². The van der Waals surface area contributed by atoms with Gasteiger partial charge >= 0.3 is 0 Å². The molecule has 0 atom stereocenters. The maximum Gasteiger partial charge on any atom is 0.279 e. The maximum absolute atomic E-state index is 12.1. The summed E-state index contributed by atoms with van der Waals surface area (Å²) >= 11 is 0. The number of nitrogens with zero attached hydrogens (tertiary/aromatic N) is 1. The lowest BCUT2D eigenvalue weighted by Gasteiger charge is -2.18. The van der Waals surface area contributed by atoms with Crippen LogP contribution in [0.5, 0.6) is 0 Å². The molecule has 0 aliphatic heterocycles. The van der Waals surface area contributed by atoms with Crippen molar-refractivity contribution in [2.45, 2.75) is 20.4 Å². The van der Waals surface area contributed by atoms with Crippen molar-refractivity contribution in [3.05, 3.63) is 35.4 Å². The van der Waals surface area contributed by atoms with Crippen LogP contribution in [0.3, 0.4) is 0 Å². The van der Waals surface area contributed by atoms with Crippen molar-refractivity contribution in [2.75, 3.05) is 20.2 Å². The molecule has 0 saturated carbocycles. The van der Waals surface area contributed by atoms with Gasteiger partial charge in [0.2, 0.25) is 0 Å². The van der Waals surface area contributed by atoms with Gasteiger partial charge in [0, 0.05) is 25.7 Å². The van der Waals surface area contributed by atoms with Crippen LogP contribution in [0.1, 0.15) is 25.0 Å². The molecule has 1 aromatic carbocycles. The Kier molecular flexibility index (Phi) is 6.85. The quantitative estimate of drug-likeness (QED) is 0.769. The minimum atomic E-state index is -3.48. The lowest BCUT2D eigenvalue weighted by atomic mass is 10.1. The highest BCUT2D eigenvalue weighted by atomic mass is 32.2. The van der Waals surface area contributed by atoms with E-state index in [1.807, 2.05) is 38.1 Å². The fraction of sp³-hybridized carbons (Fsp3) is 0.467. The summed E-state index contributed by atoms with van der Waals surface area (Å²) < 4.78 is 27.9. The van der Waals surface area contributed by atoms with E-state index < -0.39 is 10.2 Å². The molecule has 2 N–H and O–H groups in total. The van der Waals surface area contributed by atoms with Crippen molar-refractivity contribution in [2.24, 2.45) is 5.92 Å². The first-order valence-electron chi connectivity index (χ1n) is 6.74. The van der Waals surface area contributed by atoms with Gasteiger partial charge in [0.15, 0.2) is 0 Å². The van der Waals surface area contributed by atoms with E-state index in [1.54, 1.807) is 0 Å². The van der Waals surface area contributed by atoms with E-state index >= 15 is 0 Å². The molecular formula is C15H22N2O3S. The molecule has 1 aromatic rings. The summed E-state index contributed by atoms with van der Waals surface area (Å²) in [7, 11) is -1.94. The Morgan fingerprint density at radius 1 is 1.38 bits per heavy atom. The van der Waals surface area contributed by atoms with E-state index in [1.165, 1.54) is 11.4 Å². The van der Waals surface area contributed by atoms with Crippen LogP contribution in [0.2, 0.25) is 0 Å². The SMILES string of the molecule is CC(C)CNS(=O)(=O)N(C)Cc1cccc(C#CCO)c1. The Morgan fingerprint density at radius 3 is 2.71 bits per heavy atom. The molecule has 0 amide bonds. The largest absolute Gasteiger partial charge is 0.384 e. The van der Waals surface area contributed by atoms with E-state index in [0.717, 1.165) is 11.1 Å². The molecule has 1 rings (SSSR count). The zero-order valence-corrected chi connectivity index (χ0v) is 13.4. The summed E-state index contributed by atoms with van der Waals surface area (Å²) in [5.41, 5.74) is 1.60. The predicted molar refractivity (Wildman–Crippen MR) is 83.6 cm³/mol. The molecule has 0 aliphatic carbocycles. The fourth-order valence-corrected chi connectivity index (χ4v) is 2.70. The molecule has 0 spiro atoms. The van der Waals surface area contributed by atoms with Gasteiger partial charge in [-0.1, -0.05) is 37.8 Å². The van der Waals surface area contributed by atoms with Gasteiger partial charge in [0.25, 0.3) is 10.2 Å². The van der Waals surface area contributed by atoms with Gasteiger partial charge in [-0.3, -0.25) is 0 Å². The van der Waals surface area contributed by atoms with E-state index in [9.17, 15) is 8.42 Å². The van der Waals surface area contributed by atoms with Gasteiger partial charge in [-0.15, -0.1) is 0 Å². The predicted octanol–water partition coefficient (Wildman–Crippen LogP) is 0.953. The maximum atomic E-state index is 12.1. The van der Waals surface area contributed by atoms with Crippen molar-refractivity contribution in [1.29, 1.82) is 0 Å². The van der Waals surface area contributed by atoms with Crippen molar-refractivity contribution < 1.29 is 13.5 Å². The van der Waals surface area contributed by atoms with Crippen LogP contribution in [-0.2, 0) is 16.8 Å². The van der Waals surface area contributed by atoms with E-state index in [-0.39, 0.29) is 19.1 Å². The Balaban J connectivity index is 2.76. The minimum Gasteiger partial charge on any atom is -0.384 e. The molecule has 5 nitrogen and oxygen atoms in total. The number of hydrogen-bond donors (Lipinski definition) is 2. The van der Waals surface area contributed by atoms with Crippen LogP contribution < -0.4 is 4.72 Å². The summed E-state index contributed by atoms with van der Waals surface area (Å²) in [5, 5.41) is 8.68. The molecule has 116 valence electrons. The number of benzene rings is 1. The molecule has 0 aliphatic rings. The van der Waals surface area contributed by atoms with E-state index in [2.05, 4.69) is 16.6 Å². The number of aliphatic hydroxyl groups is 1. The molecule has 0 radical (unpaired) electrons. The minimum absolute atomic E-state index is 0.197. The summed E-state index contributed by atoms with van der Waals surface area (Å²) in [6.45, 7) is 4.38. The van der Waals surface area contributed by atoms with Gasteiger partial charge in [0.1, 0.15) is 6.61 Å². The zero-order chi connectivity index (χ0) is 15.9. The highest BCUT2D eigenvalue weighted by Crippen LogP contribution is 2.09. The molecule has 0 aromatic heterocycles. The molecule has 6 heteroatoms. The van der Waals surface area contributed by atoms with Crippen LogP contribution in [-0.4, -0.2) is 38.0 Å². The third-order valence-corrected chi connectivity index (χ3v) is 4.21.